The Morgan fingerprint density at radius 2 is 1.59 bits per heavy atom. The van der Waals surface area contributed by atoms with Gasteiger partial charge in [0.15, 0.2) is 0 Å². The highest BCUT2D eigenvalue weighted by atomic mass is 16.2. The summed E-state index contributed by atoms with van der Waals surface area (Å²) in [5, 5.41) is 8.26. The Bertz CT molecular complexity index is 801. The van der Waals surface area contributed by atoms with Gasteiger partial charge < -0.3 is 16.0 Å². The van der Waals surface area contributed by atoms with Gasteiger partial charge in [0.1, 0.15) is 0 Å². The molecule has 0 saturated carbocycles. The summed E-state index contributed by atoms with van der Waals surface area (Å²) >= 11 is 0. The lowest BCUT2D eigenvalue weighted by atomic mass is 10.1. The lowest BCUT2D eigenvalue weighted by molar-refractivity contribution is -0.120. The Hall–Kier alpha value is -3.15. The third kappa shape index (κ3) is 6.93. The normalized spacial score (nSPS) is 10.1. The largest absolute Gasteiger partial charge is 0.354 e. The van der Waals surface area contributed by atoms with E-state index in [9.17, 15) is 14.4 Å². The van der Waals surface area contributed by atoms with Gasteiger partial charge >= 0.3 is 0 Å². The molecule has 6 heteroatoms. The van der Waals surface area contributed by atoms with Crippen molar-refractivity contribution in [2.24, 2.45) is 0 Å². The molecule has 3 N–H and O–H groups in total. The monoisotopic (exact) mass is 367 g/mol. The summed E-state index contributed by atoms with van der Waals surface area (Å²) in [7, 11) is 0. The molecule has 0 unspecified atom stereocenters. The lowest BCUT2D eigenvalue weighted by Crippen LogP contribution is -2.34. The molecule has 0 radical (unpaired) electrons. The van der Waals surface area contributed by atoms with Crippen LogP contribution < -0.4 is 16.0 Å². The van der Waals surface area contributed by atoms with Gasteiger partial charge in [0.25, 0.3) is 5.91 Å². The summed E-state index contributed by atoms with van der Waals surface area (Å²) < 4.78 is 0. The minimum Gasteiger partial charge on any atom is -0.354 e. The fourth-order valence-corrected chi connectivity index (χ4v) is 2.52. The minimum absolute atomic E-state index is 0.0463. The van der Waals surface area contributed by atoms with Crippen molar-refractivity contribution in [2.75, 3.05) is 18.4 Å². The number of rotatable bonds is 8. The van der Waals surface area contributed by atoms with Crippen molar-refractivity contribution in [3.8, 4) is 0 Å². The second-order valence-corrected chi connectivity index (χ2v) is 6.25. The Morgan fingerprint density at radius 1 is 0.889 bits per heavy atom. The van der Waals surface area contributed by atoms with Gasteiger partial charge in [0, 0.05) is 30.8 Å². The minimum atomic E-state index is -0.224. The third-order valence-electron chi connectivity index (χ3n) is 3.93. The standard InChI is InChI=1S/C21H25N3O3/c1-3-19(25)22-11-12-23-21(27)17-7-9-18(10-8-17)24-20(26)14-16-6-4-5-15(2)13-16/h4-10,13H,3,11-12,14H2,1-2H3,(H,22,25)(H,23,27)(H,24,26). The van der Waals surface area contributed by atoms with Crippen LogP contribution in [0.3, 0.4) is 0 Å². The zero-order valence-electron chi connectivity index (χ0n) is 15.7. The van der Waals surface area contributed by atoms with Gasteiger partial charge in [-0.05, 0) is 36.8 Å². The van der Waals surface area contributed by atoms with Crippen LogP contribution in [-0.2, 0) is 16.0 Å². The first-order valence-electron chi connectivity index (χ1n) is 8.98. The van der Waals surface area contributed by atoms with E-state index in [1.165, 1.54) is 0 Å². The topological polar surface area (TPSA) is 87.3 Å². The van der Waals surface area contributed by atoms with Crippen molar-refractivity contribution in [3.05, 3.63) is 65.2 Å². The number of hydrogen-bond donors (Lipinski definition) is 3. The van der Waals surface area contributed by atoms with Crippen molar-refractivity contribution < 1.29 is 14.4 Å². The van der Waals surface area contributed by atoms with Crippen LogP contribution in [0.1, 0.15) is 34.8 Å². The first kappa shape index (κ1) is 20.2. The van der Waals surface area contributed by atoms with E-state index < -0.39 is 0 Å². The van der Waals surface area contributed by atoms with Gasteiger partial charge in [-0.1, -0.05) is 36.8 Å². The second-order valence-electron chi connectivity index (χ2n) is 6.25. The average Bonchev–Trinajstić information content (AvgIpc) is 2.65. The predicted octanol–water partition coefficient (Wildman–Crippen LogP) is 2.43. The summed E-state index contributed by atoms with van der Waals surface area (Å²) in [6.07, 6.45) is 0.721. The van der Waals surface area contributed by atoms with E-state index in [4.69, 9.17) is 0 Å². The Labute approximate surface area is 159 Å². The van der Waals surface area contributed by atoms with E-state index in [0.29, 0.717) is 37.2 Å². The van der Waals surface area contributed by atoms with Crippen LogP contribution in [0.25, 0.3) is 0 Å². The van der Waals surface area contributed by atoms with Crippen LogP contribution in [0.15, 0.2) is 48.5 Å². The van der Waals surface area contributed by atoms with Crippen LogP contribution in [0.4, 0.5) is 5.69 Å². The number of anilines is 1. The molecular formula is C21H25N3O3. The van der Waals surface area contributed by atoms with Crippen molar-refractivity contribution in [1.82, 2.24) is 10.6 Å². The summed E-state index contributed by atoms with van der Waals surface area (Å²) in [4.78, 5) is 35.3. The highest BCUT2D eigenvalue weighted by molar-refractivity contribution is 5.96. The zero-order valence-corrected chi connectivity index (χ0v) is 15.7. The van der Waals surface area contributed by atoms with Crippen LogP contribution in [-0.4, -0.2) is 30.8 Å². The molecule has 2 aromatic carbocycles. The first-order valence-corrected chi connectivity index (χ1v) is 8.98. The summed E-state index contributed by atoms with van der Waals surface area (Å²) in [6, 6.07) is 14.5. The van der Waals surface area contributed by atoms with Gasteiger partial charge in [-0.3, -0.25) is 14.4 Å². The van der Waals surface area contributed by atoms with Crippen LogP contribution >= 0.6 is 0 Å². The molecule has 0 aliphatic carbocycles. The molecule has 3 amide bonds. The molecule has 0 atom stereocenters. The zero-order chi connectivity index (χ0) is 19.6. The van der Waals surface area contributed by atoms with Crippen LogP contribution in [0.5, 0.6) is 0 Å². The molecule has 27 heavy (non-hydrogen) atoms. The number of benzene rings is 2. The van der Waals surface area contributed by atoms with E-state index in [0.717, 1.165) is 11.1 Å². The Kier molecular flexibility index (Phi) is 7.55. The Balaban J connectivity index is 1.81. The van der Waals surface area contributed by atoms with E-state index in [1.807, 2.05) is 31.2 Å². The molecule has 142 valence electrons. The maximum Gasteiger partial charge on any atom is 0.251 e. The molecule has 0 saturated heterocycles. The molecule has 0 spiro atoms. The highest BCUT2D eigenvalue weighted by Gasteiger charge is 2.07. The SMILES string of the molecule is CCC(=O)NCCNC(=O)c1ccc(NC(=O)Cc2cccc(C)c2)cc1. The van der Waals surface area contributed by atoms with E-state index in [2.05, 4.69) is 16.0 Å². The van der Waals surface area contributed by atoms with E-state index >= 15 is 0 Å². The number of nitrogens with one attached hydrogen (secondary N) is 3. The Morgan fingerprint density at radius 3 is 2.26 bits per heavy atom. The van der Waals surface area contributed by atoms with Crippen molar-refractivity contribution >= 4 is 23.4 Å². The van der Waals surface area contributed by atoms with Gasteiger partial charge in [-0.15, -0.1) is 0 Å². The van der Waals surface area contributed by atoms with E-state index in [1.54, 1.807) is 31.2 Å². The molecule has 0 heterocycles. The maximum atomic E-state index is 12.1. The number of aryl methyl sites for hydroxylation is 1. The second kappa shape index (κ2) is 10.1. The smallest absolute Gasteiger partial charge is 0.251 e. The summed E-state index contributed by atoms with van der Waals surface area (Å²) in [6.45, 7) is 4.52. The molecule has 6 nitrogen and oxygen atoms in total. The quantitative estimate of drug-likeness (QED) is 0.626. The number of hydrogen-bond acceptors (Lipinski definition) is 3. The lowest BCUT2D eigenvalue weighted by Gasteiger charge is -2.08. The van der Waals surface area contributed by atoms with Crippen molar-refractivity contribution in [3.63, 3.8) is 0 Å². The highest BCUT2D eigenvalue weighted by Crippen LogP contribution is 2.11. The molecule has 0 bridgehead atoms. The number of carbonyl (C=O) groups is 3. The molecule has 0 aromatic heterocycles. The molecule has 2 aromatic rings. The number of amides is 3. The predicted molar refractivity (Wildman–Crippen MR) is 106 cm³/mol. The molecular weight excluding hydrogens is 342 g/mol. The van der Waals surface area contributed by atoms with Crippen molar-refractivity contribution in [1.29, 1.82) is 0 Å². The van der Waals surface area contributed by atoms with Crippen molar-refractivity contribution in [2.45, 2.75) is 26.7 Å². The van der Waals surface area contributed by atoms with Gasteiger partial charge in [-0.2, -0.15) is 0 Å². The number of carbonyl (C=O) groups excluding carboxylic acids is 3. The fraction of sp³-hybridized carbons (Fsp3) is 0.286. The van der Waals surface area contributed by atoms with Crippen LogP contribution in [0, 0.1) is 6.92 Å². The fourth-order valence-electron chi connectivity index (χ4n) is 2.52. The molecule has 0 aliphatic heterocycles. The third-order valence-corrected chi connectivity index (χ3v) is 3.93. The molecule has 0 fully saturated rings. The maximum absolute atomic E-state index is 12.1. The molecule has 2 rings (SSSR count). The first-order chi connectivity index (χ1) is 13.0. The van der Waals surface area contributed by atoms with Gasteiger partial charge in [0.05, 0.1) is 6.42 Å². The summed E-state index contributed by atoms with van der Waals surface area (Å²) in [5.41, 5.74) is 3.21. The molecule has 0 aliphatic rings. The van der Waals surface area contributed by atoms with Gasteiger partial charge in [0.2, 0.25) is 11.8 Å². The van der Waals surface area contributed by atoms with E-state index in [-0.39, 0.29) is 17.7 Å². The summed E-state index contributed by atoms with van der Waals surface area (Å²) in [5.74, 6) is -0.377. The average molecular weight is 367 g/mol. The van der Waals surface area contributed by atoms with Crippen LogP contribution in [0.2, 0.25) is 0 Å². The van der Waals surface area contributed by atoms with Gasteiger partial charge in [-0.25, -0.2) is 0 Å².